The van der Waals surface area contributed by atoms with E-state index in [1.807, 2.05) is 12.3 Å². The van der Waals surface area contributed by atoms with E-state index in [0.717, 1.165) is 17.8 Å². The van der Waals surface area contributed by atoms with Crippen LogP contribution in [-0.4, -0.2) is 22.6 Å². The van der Waals surface area contributed by atoms with E-state index in [0.29, 0.717) is 16.9 Å². The van der Waals surface area contributed by atoms with Crippen molar-refractivity contribution < 1.29 is 0 Å². The van der Waals surface area contributed by atoms with Crippen molar-refractivity contribution >= 4 is 22.9 Å². The van der Waals surface area contributed by atoms with Crippen molar-refractivity contribution in [2.45, 2.75) is 32.7 Å². The highest BCUT2D eigenvalue weighted by molar-refractivity contribution is 7.80. The molecule has 0 bridgehead atoms. The number of rotatable bonds is 5. The fraction of sp³-hybridized carbons (Fsp3) is 0.538. The zero-order valence-electron chi connectivity index (χ0n) is 10.4. The first-order valence-electron chi connectivity index (χ1n) is 6.10. The maximum absolute atomic E-state index is 5.78. The summed E-state index contributed by atoms with van der Waals surface area (Å²) in [7, 11) is 0. The molecule has 2 rings (SSSR count). The molecule has 92 valence electrons. The summed E-state index contributed by atoms with van der Waals surface area (Å²) in [6.45, 7) is 5.49. The average molecular weight is 249 g/mol. The molecule has 0 atom stereocenters. The monoisotopic (exact) mass is 249 g/mol. The summed E-state index contributed by atoms with van der Waals surface area (Å²) in [6.07, 6.45) is 6.16. The van der Waals surface area contributed by atoms with E-state index in [1.165, 1.54) is 12.8 Å². The number of nitrogens with zero attached hydrogens (tertiary/aromatic N) is 2. The van der Waals surface area contributed by atoms with Crippen LogP contribution in [0.3, 0.4) is 0 Å². The first-order chi connectivity index (χ1) is 8.09. The van der Waals surface area contributed by atoms with E-state index < -0.39 is 0 Å². The third-order valence-corrected chi connectivity index (χ3v) is 3.14. The van der Waals surface area contributed by atoms with Gasteiger partial charge < -0.3 is 10.6 Å². The van der Waals surface area contributed by atoms with Gasteiger partial charge in [-0.25, -0.2) is 0 Å². The fourth-order valence-corrected chi connectivity index (χ4v) is 2.22. The molecule has 1 fully saturated rings. The number of nitrogens with two attached hydrogens (primary N) is 1. The molecule has 1 aromatic heterocycles. The summed E-state index contributed by atoms with van der Waals surface area (Å²) in [5, 5.41) is 0. The SMILES string of the molecule is CC(C)CN(c1cnccc1C(N)=S)C1CC1. The first kappa shape index (κ1) is 12.3. The molecule has 0 aromatic carbocycles. The van der Waals surface area contributed by atoms with Gasteiger partial charge in [0.05, 0.1) is 11.9 Å². The third kappa shape index (κ3) is 2.94. The Morgan fingerprint density at radius 2 is 2.29 bits per heavy atom. The number of pyridine rings is 1. The molecule has 0 saturated heterocycles. The summed E-state index contributed by atoms with van der Waals surface area (Å²) in [4.78, 5) is 7.07. The van der Waals surface area contributed by atoms with Crippen molar-refractivity contribution in [2.75, 3.05) is 11.4 Å². The van der Waals surface area contributed by atoms with Crippen LogP contribution in [0.5, 0.6) is 0 Å². The molecule has 1 aliphatic rings. The van der Waals surface area contributed by atoms with Gasteiger partial charge in [0.25, 0.3) is 0 Å². The lowest BCUT2D eigenvalue weighted by Crippen LogP contribution is -2.32. The molecule has 2 N–H and O–H groups in total. The average Bonchev–Trinajstić information content (AvgIpc) is 3.09. The van der Waals surface area contributed by atoms with Crippen molar-refractivity contribution in [1.29, 1.82) is 0 Å². The molecule has 0 aliphatic heterocycles. The number of thiocarbonyl (C=S) groups is 1. The highest BCUT2D eigenvalue weighted by Gasteiger charge is 2.31. The lowest BCUT2D eigenvalue weighted by atomic mass is 10.1. The molecule has 1 heterocycles. The lowest BCUT2D eigenvalue weighted by molar-refractivity contribution is 0.606. The zero-order chi connectivity index (χ0) is 12.4. The summed E-state index contributed by atoms with van der Waals surface area (Å²) < 4.78 is 0. The Hall–Kier alpha value is -1.16. The standard InChI is InChI=1S/C13H19N3S/c1-9(2)8-16(10-3-4-10)12-7-15-6-5-11(12)13(14)17/h5-7,9-10H,3-4,8H2,1-2H3,(H2,14,17). The van der Waals surface area contributed by atoms with Crippen LogP contribution in [0.4, 0.5) is 5.69 Å². The van der Waals surface area contributed by atoms with E-state index in [2.05, 4.69) is 23.7 Å². The molecule has 0 amide bonds. The van der Waals surface area contributed by atoms with E-state index in [9.17, 15) is 0 Å². The zero-order valence-corrected chi connectivity index (χ0v) is 11.2. The van der Waals surface area contributed by atoms with Gasteiger partial charge >= 0.3 is 0 Å². The molecule has 1 aromatic rings. The molecular formula is C13H19N3S. The molecule has 1 saturated carbocycles. The Balaban J connectivity index is 2.31. The maximum atomic E-state index is 5.78. The third-order valence-electron chi connectivity index (χ3n) is 2.92. The van der Waals surface area contributed by atoms with Gasteiger partial charge in [0.15, 0.2) is 0 Å². The second kappa shape index (κ2) is 5.00. The Morgan fingerprint density at radius 1 is 1.59 bits per heavy atom. The molecule has 3 nitrogen and oxygen atoms in total. The van der Waals surface area contributed by atoms with E-state index in [1.54, 1.807) is 6.20 Å². The van der Waals surface area contributed by atoms with Gasteiger partial charge in [0, 0.05) is 24.3 Å². The maximum Gasteiger partial charge on any atom is 0.106 e. The quantitative estimate of drug-likeness (QED) is 0.813. The normalized spacial score (nSPS) is 15.0. The molecule has 1 aliphatic carbocycles. The minimum atomic E-state index is 0.455. The largest absolute Gasteiger partial charge is 0.389 e. The Bertz CT molecular complexity index is 413. The number of hydrogen-bond donors (Lipinski definition) is 1. The minimum Gasteiger partial charge on any atom is -0.389 e. The first-order valence-corrected chi connectivity index (χ1v) is 6.51. The van der Waals surface area contributed by atoms with Crippen LogP contribution in [0.15, 0.2) is 18.5 Å². The van der Waals surface area contributed by atoms with Crippen molar-refractivity contribution in [2.24, 2.45) is 11.7 Å². The van der Waals surface area contributed by atoms with Crippen LogP contribution in [0, 0.1) is 5.92 Å². The van der Waals surface area contributed by atoms with Crippen LogP contribution in [0.25, 0.3) is 0 Å². The summed E-state index contributed by atoms with van der Waals surface area (Å²) in [5.74, 6) is 0.620. The molecule has 0 radical (unpaired) electrons. The van der Waals surface area contributed by atoms with Gasteiger partial charge in [-0.15, -0.1) is 0 Å². The second-order valence-electron chi connectivity index (χ2n) is 5.03. The predicted molar refractivity (Wildman–Crippen MR) is 75.3 cm³/mol. The predicted octanol–water partition coefficient (Wildman–Crippen LogP) is 2.34. The van der Waals surface area contributed by atoms with E-state index in [4.69, 9.17) is 18.0 Å². The molecule has 0 spiro atoms. The van der Waals surface area contributed by atoms with Gasteiger partial charge in [0.2, 0.25) is 0 Å². The van der Waals surface area contributed by atoms with Crippen LogP contribution in [0.2, 0.25) is 0 Å². The topological polar surface area (TPSA) is 42.2 Å². The van der Waals surface area contributed by atoms with Gasteiger partial charge in [-0.05, 0) is 24.8 Å². The fourth-order valence-electron chi connectivity index (χ4n) is 2.05. The number of aromatic nitrogens is 1. The Labute approximate surface area is 108 Å². The molecule has 4 heteroatoms. The van der Waals surface area contributed by atoms with Crippen LogP contribution < -0.4 is 10.6 Å². The molecule has 0 unspecified atom stereocenters. The number of hydrogen-bond acceptors (Lipinski definition) is 3. The van der Waals surface area contributed by atoms with E-state index in [-0.39, 0.29) is 0 Å². The minimum absolute atomic E-state index is 0.455. The van der Waals surface area contributed by atoms with Gasteiger partial charge in [0.1, 0.15) is 4.99 Å². The van der Waals surface area contributed by atoms with Crippen molar-refractivity contribution in [3.05, 3.63) is 24.0 Å². The highest BCUT2D eigenvalue weighted by atomic mass is 32.1. The molecule has 17 heavy (non-hydrogen) atoms. The van der Waals surface area contributed by atoms with Crippen molar-refractivity contribution in [3.8, 4) is 0 Å². The lowest BCUT2D eigenvalue weighted by Gasteiger charge is -2.28. The van der Waals surface area contributed by atoms with Gasteiger partial charge in [-0.1, -0.05) is 26.1 Å². The highest BCUT2D eigenvalue weighted by Crippen LogP contribution is 2.33. The van der Waals surface area contributed by atoms with Crippen LogP contribution in [-0.2, 0) is 0 Å². The van der Waals surface area contributed by atoms with E-state index >= 15 is 0 Å². The Morgan fingerprint density at radius 3 is 2.82 bits per heavy atom. The summed E-state index contributed by atoms with van der Waals surface area (Å²) >= 11 is 5.11. The summed E-state index contributed by atoms with van der Waals surface area (Å²) in [5.41, 5.74) is 7.82. The second-order valence-corrected chi connectivity index (χ2v) is 5.47. The Kier molecular flexibility index (Phi) is 3.62. The van der Waals surface area contributed by atoms with Gasteiger partial charge in [-0.3, -0.25) is 4.98 Å². The molecular weight excluding hydrogens is 230 g/mol. The smallest absolute Gasteiger partial charge is 0.106 e. The van der Waals surface area contributed by atoms with Crippen LogP contribution >= 0.6 is 12.2 Å². The van der Waals surface area contributed by atoms with Gasteiger partial charge in [-0.2, -0.15) is 0 Å². The van der Waals surface area contributed by atoms with Crippen molar-refractivity contribution in [3.63, 3.8) is 0 Å². The number of anilines is 1. The van der Waals surface area contributed by atoms with Crippen molar-refractivity contribution in [1.82, 2.24) is 4.98 Å². The van der Waals surface area contributed by atoms with Crippen LogP contribution in [0.1, 0.15) is 32.3 Å². The summed E-state index contributed by atoms with van der Waals surface area (Å²) in [6, 6.07) is 2.56.